The summed E-state index contributed by atoms with van der Waals surface area (Å²) in [6.07, 6.45) is 3.31. The third kappa shape index (κ3) is 3.03. The van der Waals surface area contributed by atoms with Crippen molar-refractivity contribution in [2.75, 3.05) is 33.7 Å². The molecule has 7 atom stereocenters. The lowest BCUT2D eigenvalue weighted by atomic mass is 9.46. The van der Waals surface area contributed by atoms with Gasteiger partial charge in [0.2, 0.25) is 0 Å². The zero-order valence-corrected chi connectivity index (χ0v) is 21.7. The van der Waals surface area contributed by atoms with Crippen LogP contribution in [-0.4, -0.2) is 83.2 Å². The molecule has 1 aromatic carbocycles. The number of phenolic OH excluding ortho intramolecular Hbond substituents is 1. The Kier molecular flexibility index (Phi) is 4.91. The van der Waals surface area contributed by atoms with Crippen LogP contribution in [-0.2, 0) is 11.8 Å². The fraction of sp³-hybridized carbons (Fsp3) is 0.750. The Morgan fingerprint density at radius 1 is 1.24 bits per heavy atom. The number of phenols is 1. The number of likely N-dealkylation sites (tertiary alicyclic amines) is 2. The Bertz CT molecular complexity index is 997. The van der Waals surface area contributed by atoms with Crippen LogP contribution in [0.25, 0.3) is 0 Å². The van der Waals surface area contributed by atoms with Crippen molar-refractivity contribution < 1.29 is 9.90 Å². The maximum atomic E-state index is 12.6. The van der Waals surface area contributed by atoms with Crippen LogP contribution in [0.15, 0.2) is 18.2 Å². The molecule has 0 aromatic heterocycles. The first kappa shape index (κ1) is 22.7. The predicted molar refractivity (Wildman–Crippen MR) is 134 cm³/mol. The second-order valence-corrected chi connectivity index (χ2v) is 13.2. The second-order valence-electron chi connectivity index (χ2n) is 13.2. The van der Waals surface area contributed by atoms with Gasteiger partial charge in [0.15, 0.2) is 0 Å². The summed E-state index contributed by atoms with van der Waals surface area (Å²) >= 11 is 0. The highest BCUT2D eigenvalue weighted by Crippen LogP contribution is 2.72. The van der Waals surface area contributed by atoms with Crippen LogP contribution >= 0.6 is 0 Å². The first-order valence-corrected chi connectivity index (χ1v) is 13.3. The topological polar surface area (TPSA) is 59.1 Å². The molecule has 34 heavy (non-hydrogen) atoms. The molecule has 6 nitrogen and oxygen atoms in total. The first-order chi connectivity index (χ1) is 16.0. The van der Waals surface area contributed by atoms with Gasteiger partial charge in [0.1, 0.15) is 5.75 Å². The molecule has 2 N–H and O–H groups in total. The van der Waals surface area contributed by atoms with Crippen molar-refractivity contribution in [1.82, 2.24) is 20.0 Å². The molecular formula is C28H42N4O2. The van der Waals surface area contributed by atoms with Gasteiger partial charge in [0.05, 0.1) is 0 Å². The Labute approximate surface area is 204 Å². The fourth-order valence-electron chi connectivity index (χ4n) is 9.08. The van der Waals surface area contributed by atoms with Gasteiger partial charge in [-0.3, -0.25) is 4.90 Å². The minimum atomic E-state index is -0.194. The Balaban J connectivity index is 1.20. The number of benzene rings is 1. The minimum absolute atomic E-state index is 0.0750. The van der Waals surface area contributed by atoms with Gasteiger partial charge in [-0.1, -0.05) is 13.0 Å². The average molecular weight is 467 g/mol. The molecule has 0 spiro atoms. The van der Waals surface area contributed by atoms with Gasteiger partial charge in [-0.25, -0.2) is 4.79 Å². The summed E-state index contributed by atoms with van der Waals surface area (Å²) in [5, 5.41) is 13.5. The standard InChI is InChI=1S/C28H42N4O2/c1-27(2,3)29-26(34)32-11-9-16(10-12-32)15-30(5)25-24-21-22-19(23(21)31(24)6)13-17-7-8-18(33)14-20(17)28(22,25)4/h7-8,14,16,19,21-25,33H,9-13,15H2,1-6H3,(H,29,34)/t19-,21?,22?,23?,24-,25+,28-/m1/s1. The molecule has 2 saturated heterocycles. The van der Waals surface area contributed by atoms with Crippen LogP contribution in [0.1, 0.15) is 51.7 Å². The number of urea groups is 1. The SMILES string of the molecule is CN(CC1CCN(C(=O)NC(C)(C)C)CC1)[C@H]1[C@H]2C3C([C@@H]4Cc5ccc(O)cc5[C@]1(C)C34)N2C. The third-order valence-electron chi connectivity index (χ3n) is 10.2. The van der Waals surface area contributed by atoms with E-state index in [1.807, 2.05) is 31.7 Å². The molecule has 3 aliphatic carbocycles. The zero-order chi connectivity index (χ0) is 24.2. The van der Waals surface area contributed by atoms with Crippen molar-refractivity contribution in [3.63, 3.8) is 0 Å². The molecule has 2 heterocycles. The van der Waals surface area contributed by atoms with Gasteiger partial charge >= 0.3 is 6.03 Å². The summed E-state index contributed by atoms with van der Waals surface area (Å²) in [5.41, 5.74) is 2.76. The van der Waals surface area contributed by atoms with Crippen LogP contribution in [0.4, 0.5) is 4.79 Å². The lowest BCUT2D eigenvalue weighted by molar-refractivity contribution is -0.175. The predicted octanol–water partition coefficient (Wildman–Crippen LogP) is 3.28. The van der Waals surface area contributed by atoms with E-state index < -0.39 is 0 Å². The molecular weight excluding hydrogens is 424 g/mol. The van der Waals surface area contributed by atoms with Gasteiger partial charge in [0, 0.05) is 48.7 Å². The van der Waals surface area contributed by atoms with E-state index in [0.717, 1.165) is 56.3 Å². The summed E-state index contributed by atoms with van der Waals surface area (Å²) in [7, 11) is 4.69. The van der Waals surface area contributed by atoms with E-state index in [2.05, 4.69) is 48.3 Å². The smallest absolute Gasteiger partial charge is 0.317 e. The maximum absolute atomic E-state index is 12.6. The number of fused-ring (bicyclic) bond motifs is 3. The summed E-state index contributed by atoms with van der Waals surface area (Å²) in [5.74, 6) is 3.34. The third-order valence-corrected chi connectivity index (χ3v) is 10.2. The molecule has 6 heteroatoms. The van der Waals surface area contributed by atoms with Crippen LogP contribution in [0.3, 0.4) is 0 Å². The first-order valence-electron chi connectivity index (χ1n) is 13.3. The number of hydrogen-bond donors (Lipinski definition) is 2. The Morgan fingerprint density at radius 3 is 2.62 bits per heavy atom. The molecule has 5 aliphatic rings. The van der Waals surface area contributed by atoms with E-state index in [-0.39, 0.29) is 17.0 Å². The number of amides is 2. The number of aromatic hydroxyl groups is 1. The molecule has 2 amide bonds. The summed E-state index contributed by atoms with van der Waals surface area (Å²) in [4.78, 5) is 19.9. The normalized spacial score (nSPS) is 38.7. The van der Waals surface area contributed by atoms with Gasteiger partial charge in [-0.15, -0.1) is 0 Å². The van der Waals surface area contributed by atoms with Crippen molar-refractivity contribution in [3.05, 3.63) is 29.3 Å². The Hall–Kier alpha value is -1.79. The quantitative estimate of drug-likeness (QED) is 0.718. The molecule has 4 fully saturated rings. The lowest BCUT2D eigenvalue weighted by Gasteiger charge is -2.67. The van der Waals surface area contributed by atoms with Crippen molar-refractivity contribution in [2.24, 2.45) is 23.7 Å². The van der Waals surface area contributed by atoms with E-state index in [1.54, 1.807) is 0 Å². The van der Waals surface area contributed by atoms with Gasteiger partial charge in [-0.2, -0.15) is 0 Å². The molecule has 6 rings (SSSR count). The summed E-state index contributed by atoms with van der Waals surface area (Å²) < 4.78 is 0. The maximum Gasteiger partial charge on any atom is 0.317 e. The van der Waals surface area contributed by atoms with E-state index in [1.165, 1.54) is 17.5 Å². The van der Waals surface area contributed by atoms with Crippen molar-refractivity contribution in [2.45, 2.75) is 76.0 Å². The Morgan fingerprint density at radius 2 is 1.94 bits per heavy atom. The summed E-state index contributed by atoms with van der Waals surface area (Å²) in [6.45, 7) is 11.4. The molecule has 3 unspecified atom stereocenters. The second kappa shape index (κ2) is 7.36. The molecule has 2 saturated carbocycles. The number of nitrogens with zero attached hydrogens (tertiary/aromatic N) is 3. The highest BCUT2D eigenvalue weighted by Gasteiger charge is 2.79. The zero-order valence-electron chi connectivity index (χ0n) is 21.7. The monoisotopic (exact) mass is 466 g/mol. The van der Waals surface area contributed by atoms with E-state index in [0.29, 0.717) is 23.8 Å². The highest BCUT2D eigenvalue weighted by molar-refractivity contribution is 5.75. The lowest BCUT2D eigenvalue weighted by Crippen LogP contribution is -2.75. The number of carbonyl (C=O) groups excluding carboxylic acids is 1. The molecule has 2 aliphatic heterocycles. The highest BCUT2D eigenvalue weighted by atomic mass is 16.3. The average Bonchev–Trinajstić information content (AvgIpc) is 2.93. The largest absolute Gasteiger partial charge is 0.508 e. The number of rotatable bonds is 3. The molecule has 1 aromatic rings. The van der Waals surface area contributed by atoms with Crippen molar-refractivity contribution >= 4 is 6.03 Å². The van der Waals surface area contributed by atoms with Crippen molar-refractivity contribution in [3.8, 4) is 5.75 Å². The number of likely N-dealkylation sites (N-methyl/N-ethyl adjacent to an activating group) is 2. The van der Waals surface area contributed by atoms with Crippen LogP contribution in [0.2, 0.25) is 0 Å². The van der Waals surface area contributed by atoms with Gasteiger partial charge in [0.25, 0.3) is 0 Å². The number of nitrogens with one attached hydrogen (secondary N) is 1. The van der Waals surface area contributed by atoms with E-state index in [9.17, 15) is 9.90 Å². The summed E-state index contributed by atoms with van der Waals surface area (Å²) in [6, 6.07) is 8.06. The molecule has 186 valence electrons. The van der Waals surface area contributed by atoms with Crippen molar-refractivity contribution in [1.29, 1.82) is 0 Å². The number of hydrogen-bond acceptors (Lipinski definition) is 4. The van der Waals surface area contributed by atoms with E-state index in [4.69, 9.17) is 0 Å². The number of carbonyl (C=O) groups is 1. The van der Waals surface area contributed by atoms with Crippen LogP contribution in [0.5, 0.6) is 5.75 Å². The number of piperidine rings is 2. The van der Waals surface area contributed by atoms with Crippen LogP contribution in [0, 0.1) is 23.7 Å². The van der Waals surface area contributed by atoms with Gasteiger partial charge < -0.3 is 20.2 Å². The van der Waals surface area contributed by atoms with Crippen LogP contribution < -0.4 is 5.32 Å². The molecule has 0 radical (unpaired) electrons. The van der Waals surface area contributed by atoms with E-state index >= 15 is 0 Å². The van der Waals surface area contributed by atoms with Gasteiger partial charge in [-0.05, 0) is 101 Å². The molecule has 0 bridgehead atoms. The minimum Gasteiger partial charge on any atom is -0.508 e. The fourth-order valence-corrected chi connectivity index (χ4v) is 9.08.